The Morgan fingerprint density at radius 2 is 2.00 bits per heavy atom. The zero-order valence-corrected chi connectivity index (χ0v) is 17.1. The standard InChI is InChI=1S/C23H29FN2O2/c1-23(2,3)28-22(27)25-15-17-9-7-8-16-14-18(12-13-19(16)17)26(4)21-11-6-5-10-20(21)24/h5-6,10-14,17H,7-9,15H2,1-4H3,(H,25,27)/t17-/m0/s1. The van der Waals surface area contributed by atoms with Crippen molar-refractivity contribution < 1.29 is 13.9 Å². The van der Waals surface area contributed by atoms with Crippen molar-refractivity contribution in [2.75, 3.05) is 18.5 Å². The molecule has 0 heterocycles. The van der Waals surface area contributed by atoms with Crippen LogP contribution in [0, 0.1) is 5.82 Å². The fourth-order valence-corrected chi connectivity index (χ4v) is 3.71. The van der Waals surface area contributed by atoms with Crippen LogP contribution >= 0.6 is 0 Å². The van der Waals surface area contributed by atoms with Crippen LogP contribution in [0.3, 0.4) is 0 Å². The molecule has 28 heavy (non-hydrogen) atoms. The number of carbonyl (C=O) groups excluding carboxylic acids is 1. The highest BCUT2D eigenvalue weighted by Crippen LogP contribution is 2.35. The maximum absolute atomic E-state index is 14.1. The average molecular weight is 384 g/mol. The van der Waals surface area contributed by atoms with Crippen molar-refractivity contribution in [3.05, 3.63) is 59.4 Å². The Balaban J connectivity index is 1.73. The third-order valence-electron chi connectivity index (χ3n) is 5.06. The van der Waals surface area contributed by atoms with Crippen molar-refractivity contribution in [3.63, 3.8) is 0 Å². The zero-order valence-electron chi connectivity index (χ0n) is 17.1. The molecule has 1 amide bonds. The molecule has 0 saturated carbocycles. The topological polar surface area (TPSA) is 41.6 Å². The molecule has 0 aliphatic heterocycles. The van der Waals surface area contributed by atoms with Crippen LogP contribution in [-0.2, 0) is 11.2 Å². The van der Waals surface area contributed by atoms with Crippen molar-refractivity contribution in [2.45, 2.75) is 51.6 Å². The number of aryl methyl sites for hydroxylation is 1. The van der Waals surface area contributed by atoms with Crippen molar-refractivity contribution in [2.24, 2.45) is 0 Å². The van der Waals surface area contributed by atoms with Gasteiger partial charge in [0, 0.05) is 25.2 Å². The van der Waals surface area contributed by atoms with E-state index in [0.717, 1.165) is 24.9 Å². The molecule has 1 aliphatic carbocycles. The first-order valence-corrected chi connectivity index (χ1v) is 9.82. The lowest BCUT2D eigenvalue weighted by Gasteiger charge is -2.28. The van der Waals surface area contributed by atoms with Crippen LogP contribution in [-0.4, -0.2) is 25.3 Å². The zero-order chi connectivity index (χ0) is 20.3. The van der Waals surface area contributed by atoms with E-state index in [4.69, 9.17) is 4.74 Å². The monoisotopic (exact) mass is 384 g/mol. The maximum Gasteiger partial charge on any atom is 0.407 e. The normalized spacial score (nSPS) is 16.2. The predicted octanol–water partition coefficient (Wildman–Crippen LogP) is 5.54. The lowest BCUT2D eigenvalue weighted by Crippen LogP contribution is -2.35. The Kier molecular flexibility index (Phi) is 5.92. The van der Waals surface area contributed by atoms with E-state index in [0.29, 0.717) is 12.2 Å². The summed E-state index contributed by atoms with van der Waals surface area (Å²) < 4.78 is 19.5. The van der Waals surface area contributed by atoms with Gasteiger partial charge in [0.1, 0.15) is 11.4 Å². The van der Waals surface area contributed by atoms with Gasteiger partial charge in [-0.25, -0.2) is 9.18 Å². The molecule has 150 valence electrons. The number of carbonyl (C=O) groups is 1. The van der Waals surface area contributed by atoms with Gasteiger partial charge in [-0.1, -0.05) is 18.2 Å². The van der Waals surface area contributed by atoms with Crippen LogP contribution in [0.4, 0.5) is 20.6 Å². The Hall–Kier alpha value is -2.56. The third kappa shape index (κ3) is 4.83. The maximum atomic E-state index is 14.1. The summed E-state index contributed by atoms with van der Waals surface area (Å²) in [4.78, 5) is 13.8. The third-order valence-corrected chi connectivity index (χ3v) is 5.06. The molecule has 2 aromatic carbocycles. The molecule has 1 N–H and O–H groups in total. The second kappa shape index (κ2) is 8.21. The van der Waals surface area contributed by atoms with E-state index in [1.165, 1.54) is 17.2 Å². The molecule has 0 bridgehead atoms. The first-order valence-electron chi connectivity index (χ1n) is 9.82. The van der Waals surface area contributed by atoms with Gasteiger partial charge < -0.3 is 15.0 Å². The number of halogens is 1. The second-order valence-corrected chi connectivity index (χ2v) is 8.37. The van der Waals surface area contributed by atoms with Gasteiger partial charge >= 0.3 is 6.09 Å². The lowest BCUT2D eigenvalue weighted by molar-refractivity contribution is 0.0523. The van der Waals surface area contributed by atoms with E-state index >= 15 is 0 Å². The van der Waals surface area contributed by atoms with E-state index in [1.54, 1.807) is 12.1 Å². The average Bonchev–Trinajstić information content (AvgIpc) is 2.64. The van der Waals surface area contributed by atoms with Crippen LogP contribution in [0.25, 0.3) is 0 Å². The number of rotatable bonds is 4. The highest BCUT2D eigenvalue weighted by atomic mass is 19.1. The van der Waals surface area contributed by atoms with Gasteiger partial charge in [0.2, 0.25) is 0 Å². The fourth-order valence-electron chi connectivity index (χ4n) is 3.71. The molecule has 3 rings (SSSR count). The van der Waals surface area contributed by atoms with Crippen LogP contribution in [0.5, 0.6) is 0 Å². The van der Waals surface area contributed by atoms with E-state index in [-0.39, 0.29) is 17.8 Å². The van der Waals surface area contributed by atoms with Crippen molar-refractivity contribution in [1.29, 1.82) is 0 Å². The number of fused-ring (bicyclic) bond motifs is 1. The highest BCUT2D eigenvalue weighted by Gasteiger charge is 2.23. The molecule has 5 heteroatoms. The number of anilines is 2. The number of ether oxygens (including phenoxy) is 1. The summed E-state index contributed by atoms with van der Waals surface area (Å²) in [5.74, 6) is 0.0336. The molecular weight excluding hydrogens is 355 g/mol. The summed E-state index contributed by atoms with van der Waals surface area (Å²) in [6, 6.07) is 13.1. The van der Waals surface area contributed by atoms with Gasteiger partial charge in [0.25, 0.3) is 0 Å². The largest absolute Gasteiger partial charge is 0.444 e. The van der Waals surface area contributed by atoms with E-state index in [2.05, 4.69) is 17.4 Å². The minimum atomic E-state index is -0.499. The van der Waals surface area contributed by atoms with E-state index in [9.17, 15) is 9.18 Å². The first kappa shape index (κ1) is 20.2. The van der Waals surface area contributed by atoms with Crippen molar-refractivity contribution in [3.8, 4) is 0 Å². The summed E-state index contributed by atoms with van der Waals surface area (Å²) in [5, 5.41) is 2.90. The predicted molar refractivity (Wildman–Crippen MR) is 111 cm³/mol. The number of nitrogens with one attached hydrogen (secondary N) is 1. The molecule has 1 aliphatic rings. The molecule has 0 unspecified atom stereocenters. The number of hydrogen-bond donors (Lipinski definition) is 1. The molecule has 4 nitrogen and oxygen atoms in total. The SMILES string of the molecule is CN(c1ccc2c(c1)CCC[C@H]2CNC(=O)OC(C)(C)C)c1ccccc1F. The fraction of sp³-hybridized carbons (Fsp3) is 0.435. The molecule has 1 atom stereocenters. The summed E-state index contributed by atoms with van der Waals surface area (Å²) >= 11 is 0. The van der Waals surface area contributed by atoms with Crippen molar-refractivity contribution in [1.82, 2.24) is 5.32 Å². The summed E-state index contributed by atoms with van der Waals surface area (Å²) in [6.45, 7) is 6.13. The number of benzene rings is 2. The number of hydrogen-bond acceptors (Lipinski definition) is 3. The number of alkyl carbamates (subject to hydrolysis) is 1. The molecule has 0 radical (unpaired) electrons. The lowest BCUT2D eigenvalue weighted by atomic mass is 9.82. The van der Waals surface area contributed by atoms with Crippen LogP contribution in [0.1, 0.15) is 50.7 Å². The minimum Gasteiger partial charge on any atom is -0.444 e. The Morgan fingerprint density at radius 1 is 1.25 bits per heavy atom. The quantitative estimate of drug-likeness (QED) is 0.753. The highest BCUT2D eigenvalue weighted by molar-refractivity contribution is 5.68. The molecule has 0 fully saturated rings. The second-order valence-electron chi connectivity index (χ2n) is 8.37. The van der Waals surface area contributed by atoms with Crippen LogP contribution in [0.15, 0.2) is 42.5 Å². The van der Waals surface area contributed by atoms with E-state index < -0.39 is 5.60 Å². The number of amides is 1. The summed E-state index contributed by atoms with van der Waals surface area (Å²) in [6.07, 6.45) is 2.72. The van der Waals surface area contributed by atoms with Gasteiger partial charge in [-0.2, -0.15) is 0 Å². The van der Waals surface area contributed by atoms with Gasteiger partial charge in [-0.15, -0.1) is 0 Å². The van der Waals surface area contributed by atoms with Crippen molar-refractivity contribution >= 4 is 17.5 Å². The Morgan fingerprint density at radius 3 is 2.71 bits per heavy atom. The van der Waals surface area contributed by atoms with Gasteiger partial charge in [-0.3, -0.25) is 0 Å². The van der Waals surface area contributed by atoms with Gasteiger partial charge in [-0.05, 0) is 75.4 Å². The summed E-state index contributed by atoms with van der Waals surface area (Å²) in [7, 11) is 1.88. The summed E-state index contributed by atoms with van der Waals surface area (Å²) in [5.41, 5.74) is 3.54. The molecule has 2 aromatic rings. The minimum absolute atomic E-state index is 0.234. The Bertz CT molecular complexity index is 845. The molecule has 0 saturated heterocycles. The molecule has 0 aromatic heterocycles. The van der Waals surface area contributed by atoms with Gasteiger partial charge in [0.05, 0.1) is 5.69 Å². The first-order chi connectivity index (χ1) is 13.2. The molecule has 0 spiro atoms. The number of nitrogens with zero attached hydrogens (tertiary/aromatic N) is 1. The van der Waals surface area contributed by atoms with Crippen LogP contribution in [0.2, 0.25) is 0 Å². The van der Waals surface area contributed by atoms with E-state index in [1.807, 2.05) is 44.9 Å². The smallest absolute Gasteiger partial charge is 0.407 e. The molecular formula is C23H29FN2O2. The van der Waals surface area contributed by atoms with Crippen LogP contribution < -0.4 is 10.2 Å². The number of para-hydroxylation sites is 1. The Labute approximate surface area is 166 Å². The van der Waals surface area contributed by atoms with Gasteiger partial charge in [0.15, 0.2) is 0 Å².